The normalized spacial score (nSPS) is 13.8. The molecule has 150 valence electrons. The smallest absolute Gasteiger partial charge is 0.272 e. The van der Waals surface area contributed by atoms with Crippen LogP contribution in [-0.2, 0) is 9.59 Å². The fourth-order valence-electron chi connectivity index (χ4n) is 2.99. The Morgan fingerprint density at radius 3 is 2.21 bits per heavy atom. The lowest BCUT2D eigenvalue weighted by Gasteiger charge is -2.17. The standard InChI is InChI=1S/C20H18N2O6S/c1-4-29-18-17(12-5-7-13(8-6-12)22(25)26)19(23)21(20(18)24)14-9-10-15(27-2)16(11-14)28-3/h5-11H,4H2,1-3H3. The monoisotopic (exact) mass is 414 g/mol. The summed E-state index contributed by atoms with van der Waals surface area (Å²) in [5.74, 6) is 0.514. The molecule has 29 heavy (non-hydrogen) atoms. The molecule has 0 bridgehead atoms. The molecule has 0 aliphatic carbocycles. The quantitative estimate of drug-likeness (QED) is 0.387. The van der Waals surface area contributed by atoms with Gasteiger partial charge in [0.15, 0.2) is 11.5 Å². The third kappa shape index (κ3) is 3.68. The molecule has 0 saturated heterocycles. The molecule has 0 radical (unpaired) electrons. The number of carbonyl (C=O) groups is 2. The summed E-state index contributed by atoms with van der Waals surface area (Å²) in [5, 5.41) is 10.9. The van der Waals surface area contributed by atoms with Crippen LogP contribution in [0.1, 0.15) is 12.5 Å². The molecule has 0 spiro atoms. The number of ether oxygens (including phenoxy) is 2. The number of benzene rings is 2. The Balaban J connectivity index is 2.06. The molecule has 1 aliphatic rings. The Kier molecular flexibility index (Phi) is 5.88. The molecular formula is C20H18N2O6S. The molecule has 2 aromatic rings. The van der Waals surface area contributed by atoms with Crippen molar-refractivity contribution in [2.75, 3.05) is 24.9 Å². The number of amides is 2. The molecule has 0 atom stereocenters. The summed E-state index contributed by atoms with van der Waals surface area (Å²) in [5.41, 5.74) is 0.940. The van der Waals surface area contributed by atoms with Crippen molar-refractivity contribution in [1.82, 2.24) is 0 Å². The van der Waals surface area contributed by atoms with Crippen LogP contribution in [0.25, 0.3) is 5.57 Å². The molecular weight excluding hydrogens is 396 g/mol. The zero-order valence-corrected chi connectivity index (χ0v) is 16.8. The average Bonchev–Trinajstić information content (AvgIpc) is 2.97. The van der Waals surface area contributed by atoms with Crippen LogP contribution in [0, 0.1) is 10.1 Å². The molecule has 9 heteroatoms. The van der Waals surface area contributed by atoms with E-state index in [1.54, 1.807) is 18.2 Å². The van der Waals surface area contributed by atoms with Gasteiger partial charge in [0.25, 0.3) is 17.5 Å². The predicted octanol–water partition coefficient (Wildman–Crippen LogP) is 3.65. The largest absolute Gasteiger partial charge is 0.493 e. The maximum Gasteiger partial charge on any atom is 0.272 e. The van der Waals surface area contributed by atoms with Gasteiger partial charge in [-0.1, -0.05) is 6.92 Å². The van der Waals surface area contributed by atoms with Crippen molar-refractivity contribution in [3.63, 3.8) is 0 Å². The minimum Gasteiger partial charge on any atom is -0.493 e. The number of nitro groups is 1. The number of non-ortho nitro benzene ring substituents is 1. The summed E-state index contributed by atoms with van der Waals surface area (Å²) < 4.78 is 10.5. The van der Waals surface area contributed by atoms with Gasteiger partial charge in [-0.2, -0.15) is 0 Å². The van der Waals surface area contributed by atoms with E-state index in [-0.39, 0.29) is 11.3 Å². The van der Waals surface area contributed by atoms with E-state index in [4.69, 9.17) is 9.47 Å². The first-order valence-electron chi connectivity index (χ1n) is 8.65. The Labute approximate surface area is 171 Å². The second-order valence-corrected chi connectivity index (χ2v) is 7.20. The van der Waals surface area contributed by atoms with Crippen LogP contribution in [0.4, 0.5) is 11.4 Å². The van der Waals surface area contributed by atoms with E-state index < -0.39 is 16.7 Å². The van der Waals surface area contributed by atoms with Gasteiger partial charge in [-0.3, -0.25) is 19.7 Å². The lowest BCUT2D eigenvalue weighted by molar-refractivity contribution is -0.384. The van der Waals surface area contributed by atoms with Gasteiger partial charge < -0.3 is 9.47 Å². The summed E-state index contributed by atoms with van der Waals surface area (Å²) in [6.45, 7) is 1.88. The minimum atomic E-state index is -0.516. The molecule has 1 aliphatic heterocycles. The number of imide groups is 1. The first kappa shape index (κ1) is 20.4. The zero-order valence-electron chi connectivity index (χ0n) is 16.0. The number of nitrogens with zero attached hydrogens (tertiary/aromatic N) is 2. The highest BCUT2D eigenvalue weighted by Crippen LogP contribution is 2.40. The van der Waals surface area contributed by atoms with Gasteiger partial charge in [-0.15, -0.1) is 11.8 Å². The van der Waals surface area contributed by atoms with Crippen molar-refractivity contribution < 1.29 is 24.0 Å². The molecule has 0 aromatic heterocycles. The van der Waals surface area contributed by atoms with E-state index in [0.29, 0.717) is 33.4 Å². The van der Waals surface area contributed by atoms with Crippen LogP contribution in [-0.4, -0.2) is 36.7 Å². The number of rotatable bonds is 7. The highest BCUT2D eigenvalue weighted by atomic mass is 32.2. The summed E-state index contributed by atoms with van der Waals surface area (Å²) in [7, 11) is 2.96. The first-order valence-corrected chi connectivity index (χ1v) is 9.64. The average molecular weight is 414 g/mol. The molecule has 0 N–H and O–H groups in total. The number of nitro benzene ring substituents is 1. The molecule has 1 heterocycles. The van der Waals surface area contributed by atoms with Crippen LogP contribution >= 0.6 is 11.8 Å². The SMILES string of the molecule is CCSC1=C(c2ccc([N+](=O)[O-])cc2)C(=O)N(c2ccc(OC)c(OC)c2)C1=O. The van der Waals surface area contributed by atoms with Crippen molar-refractivity contribution in [2.24, 2.45) is 0 Å². The molecule has 2 amide bonds. The number of methoxy groups -OCH3 is 2. The zero-order chi connectivity index (χ0) is 21.1. The summed E-state index contributed by atoms with van der Waals surface area (Å²) in [6, 6.07) is 10.4. The van der Waals surface area contributed by atoms with Gasteiger partial charge in [-0.05, 0) is 35.6 Å². The van der Waals surface area contributed by atoms with Gasteiger partial charge in [0.05, 0.1) is 35.3 Å². The maximum absolute atomic E-state index is 13.2. The second-order valence-electron chi connectivity index (χ2n) is 5.93. The van der Waals surface area contributed by atoms with Gasteiger partial charge in [-0.25, -0.2) is 4.90 Å². The Bertz CT molecular complexity index is 1020. The minimum absolute atomic E-state index is 0.0902. The van der Waals surface area contributed by atoms with Gasteiger partial charge in [0, 0.05) is 18.2 Å². The molecule has 0 saturated carbocycles. The lowest BCUT2D eigenvalue weighted by atomic mass is 10.1. The maximum atomic E-state index is 13.2. The predicted molar refractivity (Wildman–Crippen MR) is 110 cm³/mol. The van der Waals surface area contributed by atoms with Gasteiger partial charge in [0.1, 0.15) is 0 Å². The third-order valence-electron chi connectivity index (χ3n) is 4.32. The third-order valence-corrected chi connectivity index (χ3v) is 5.28. The van der Waals surface area contributed by atoms with Crippen molar-refractivity contribution in [1.29, 1.82) is 0 Å². The van der Waals surface area contributed by atoms with Crippen LogP contribution < -0.4 is 14.4 Å². The number of hydrogen-bond acceptors (Lipinski definition) is 7. The lowest BCUT2D eigenvalue weighted by Crippen LogP contribution is -2.31. The number of hydrogen-bond donors (Lipinski definition) is 0. The first-order chi connectivity index (χ1) is 13.9. The van der Waals surface area contributed by atoms with E-state index in [9.17, 15) is 19.7 Å². The van der Waals surface area contributed by atoms with E-state index >= 15 is 0 Å². The van der Waals surface area contributed by atoms with Crippen molar-refractivity contribution >= 4 is 40.5 Å². The number of thioether (sulfide) groups is 1. The van der Waals surface area contributed by atoms with Crippen molar-refractivity contribution in [2.45, 2.75) is 6.92 Å². The number of carbonyl (C=O) groups excluding carboxylic acids is 2. The van der Waals surface area contributed by atoms with E-state index in [1.807, 2.05) is 6.92 Å². The molecule has 8 nitrogen and oxygen atoms in total. The second kappa shape index (κ2) is 8.36. The fourth-order valence-corrected chi connectivity index (χ4v) is 3.84. The summed E-state index contributed by atoms with van der Waals surface area (Å²) in [6.07, 6.45) is 0. The molecule has 0 unspecified atom stereocenters. The molecule has 0 fully saturated rings. The van der Waals surface area contributed by atoms with E-state index in [2.05, 4.69) is 0 Å². The van der Waals surface area contributed by atoms with Crippen LogP contribution in [0.15, 0.2) is 47.4 Å². The highest BCUT2D eigenvalue weighted by Gasteiger charge is 2.40. The van der Waals surface area contributed by atoms with Gasteiger partial charge in [0.2, 0.25) is 0 Å². The summed E-state index contributed by atoms with van der Waals surface area (Å²) >= 11 is 1.26. The number of anilines is 1. The van der Waals surface area contributed by atoms with Crippen LogP contribution in [0.5, 0.6) is 11.5 Å². The van der Waals surface area contributed by atoms with Gasteiger partial charge >= 0.3 is 0 Å². The summed E-state index contributed by atoms with van der Waals surface area (Å²) in [4.78, 5) is 38.0. The topological polar surface area (TPSA) is 99.0 Å². The molecule has 3 rings (SSSR count). The van der Waals surface area contributed by atoms with E-state index in [1.165, 1.54) is 50.2 Å². The van der Waals surface area contributed by atoms with Crippen LogP contribution in [0.3, 0.4) is 0 Å². The Morgan fingerprint density at radius 2 is 1.66 bits per heavy atom. The molecule has 2 aromatic carbocycles. The van der Waals surface area contributed by atoms with Crippen molar-refractivity contribution in [3.8, 4) is 11.5 Å². The van der Waals surface area contributed by atoms with Crippen molar-refractivity contribution in [3.05, 3.63) is 63.0 Å². The van der Waals surface area contributed by atoms with E-state index in [0.717, 1.165) is 4.90 Å². The highest BCUT2D eigenvalue weighted by molar-refractivity contribution is 8.04. The van der Waals surface area contributed by atoms with Crippen LogP contribution in [0.2, 0.25) is 0 Å². The fraction of sp³-hybridized carbons (Fsp3) is 0.200. The Morgan fingerprint density at radius 1 is 1.00 bits per heavy atom. The Hall–Kier alpha value is -3.33.